The van der Waals surface area contributed by atoms with Gasteiger partial charge in [-0.15, -0.1) is 0 Å². The molecule has 0 aliphatic heterocycles. The summed E-state index contributed by atoms with van der Waals surface area (Å²) >= 11 is 2.97. The summed E-state index contributed by atoms with van der Waals surface area (Å²) in [7, 11) is 0. The number of amides is 1. The standard InChI is InChI=1S/C9H6BrFN2O/c10-7-2-1-6(5-8(7)11)9(14)13-4-3-12/h1-2,5H,4H2,(H,13,14). The first-order valence-electron chi connectivity index (χ1n) is 3.75. The Balaban J connectivity index is 2.82. The monoisotopic (exact) mass is 256 g/mol. The first-order chi connectivity index (χ1) is 6.65. The average Bonchev–Trinajstić information content (AvgIpc) is 2.18. The lowest BCUT2D eigenvalue weighted by molar-refractivity contribution is 0.0958. The van der Waals surface area contributed by atoms with Gasteiger partial charge in [0.05, 0.1) is 10.5 Å². The first-order valence-corrected chi connectivity index (χ1v) is 4.54. The largest absolute Gasteiger partial charge is 0.339 e. The van der Waals surface area contributed by atoms with Crippen LogP contribution in [0.2, 0.25) is 0 Å². The van der Waals surface area contributed by atoms with Gasteiger partial charge in [0.25, 0.3) is 5.91 Å². The van der Waals surface area contributed by atoms with Crippen molar-refractivity contribution in [2.24, 2.45) is 0 Å². The van der Waals surface area contributed by atoms with Crippen LogP contribution in [0.1, 0.15) is 10.4 Å². The first kappa shape index (κ1) is 10.7. The van der Waals surface area contributed by atoms with Crippen LogP contribution in [0.25, 0.3) is 0 Å². The summed E-state index contributed by atoms with van der Waals surface area (Å²) in [6.07, 6.45) is 0. The lowest BCUT2D eigenvalue weighted by Gasteiger charge is -2.01. The Morgan fingerprint density at radius 2 is 2.36 bits per heavy atom. The van der Waals surface area contributed by atoms with Crippen LogP contribution >= 0.6 is 15.9 Å². The van der Waals surface area contributed by atoms with Gasteiger partial charge in [0.1, 0.15) is 12.4 Å². The lowest BCUT2D eigenvalue weighted by atomic mass is 10.2. The minimum atomic E-state index is -0.505. The maximum Gasteiger partial charge on any atom is 0.252 e. The van der Waals surface area contributed by atoms with Crippen molar-refractivity contribution in [3.63, 3.8) is 0 Å². The quantitative estimate of drug-likeness (QED) is 0.822. The summed E-state index contributed by atoms with van der Waals surface area (Å²) < 4.78 is 13.3. The van der Waals surface area contributed by atoms with Gasteiger partial charge in [0, 0.05) is 5.56 Å². The van der Waals surface area contributed by atoms with Crippen LogP contribution in [0.3, 0.4) is 0 Å². The zero-order valence-electron chi connectivity index (χ0n) is 7.05. The minimum absolute atomic E-state index is 0.0868. The molecule has 3 nitrogen and oxygen atoms in total. The summed E-state index contributed by atoms with van der Waals surface area (Å²) in [5.41, 5.74) is 0.195. The minimum Gasteiger partial charge on any atom is -0.339 e. The van der Waals surface area contributed by atoms with Crippen molar-refractivity contribution in [2.45, 2.75) is 0 Å². The van der Waals surface area contributed by atoms with Gasteiger partial charge in [-0.1, -0.05) is 0 Å². The van der Waals surface area contributed by atoms with Gasteiger partial charge < -0.3 is 5.32 Å². The van der Waals surface area contributed by atoms with E-state index in [-0.39, 0.29) is 12.1 Å². The number of carbonyl (C=O) groups is 1. The smallest absolute Gasteiger partial charge is 0.252 e. The number of halogens is 2. The number of hydrogen-bond donors (Lipinski definition) is 1. The molecule has 72 valence electrons. The Morgan fingerprint density at radius 3 is 2.93 bits per heavy atom. The van der Waals surface area contributed by atoms with E-state index < -0.39 is 11.7 Å². The fourth-order valence-electron chi connectivity index (χ4n) is 0.859. The molecule has 1 aromatic carbocycles. The van der Waals surface area contributed by atoms with Gasteiger partial charge >= 0.3 is 0 Å². The molecule has 14 heavy (non-hydrogen) atoms. The maximum atomic E-state index is 13.0. The Bertz CT molecular complexity index is 400. The fourth-order valence-corrected chi connectivity index (χ4v) is 1.11. The molecule has 0 atom stereocenters. The Kier molecular flexibility index (Phi) is 3.60. The second kappa shape index (κ2) is 4.72. The van der Waals surface area contributed by atoms with Crippen molar-refractivity contribution in [1.29, 1.82) is 5.26 Å². The highest BCUT2D eigenvalue weighted by molar-refractivity contribution is 9.10. The molecule has 0 aliphatic rings. The second-order valence-electron chi connectivity index (χ2n) is 2.47. The number of carbonyl (C=O) groups excluding carboxylic acids is 1. The van der Waals surface area contributed by atoms with Crippen molar-refractivity contribution in [3.8, 4) is 6.07 Å². The van der Waals surface area contributed by atoms with E-state index in [1.807, 2.05) is 0 Å². The van der Waals surface area contributed by atoms with Crippen molar-refractivity contribution in [1.82, 2.24) is 5.32 Å². The fraction of sp³-hybridized carbons (Fsp3) is 0.111. The summed E-state index contributed by atoms with van der Waals surface area (Å²) in [6, 6.07) is 5.78. The summed E-state index contributed by atoms with van der Waals surface area (Å²) in [5.74, 6) is -0.965. The average molecular weight is 257 g/mol. The molecule has 1 rings (SSSR count). The summed E-state index contributed by atoms with van der Waals surface area (Å²) in [4.78, 5) is 11.2. The highest BCUT2D eigenvalue weighted by Crippen LogP contribution is 2.16. The van der Waals surface area contributed by atoms with E-state index in [1.54, 1.807) is 6.07 Å². The zero-order chi connectivity index (χ0) is 10.6. The molecule has 1 amide bonds. The van der Waals surface area contributed by atoms with Gasteiger partial charge in [0.15, 0.2) is 0 Å². The van der Waals surface area contributed by atoms with Crippen LogP contribution in [-0.2, 0) is 0 Å². The molecule has 0 aromatic heterocycles. The molecule has 0 heterocycles. The lowest BCUT2D eigenvalue weighted by Crippen LogP contribution is -2.23. The Labute approximate surface area is 88.7 Å². The molecule has 0 aliphatic carbocycles. The van der Waals surface area contributed by atoms with Crippen LogP contribution in [0.15, 0.2) is 22.7 Å². The number of nitrogens with one attached hydrogen (secondary N) is 1. The molecule has 1 aromatic rings. The SMILES string of the molecule is N#CCNC(=O)c1ccc(Br)c(F)c1. The summed E-state index contributed by atoms with van der Waals surface area (Å²) in [6.45, 7) is -0.0868. The van der Waals surface area contributed by atoms with E-state index in [9.17, 15) is 9.18 Å². The van der Waals surface area contributed by atoms with Gasteiger partial charge in [-0.3, -0.25) is 4.79 Å². The summed E-state index contributed by atoms with van der Waals surface area (Å²) in [5, 5.41) is 10.5. The number of hydrogen-bond acceptors (Lipinski definition) is 2. The molecule has 5 heteroatoms. The van der Waals surface area contributed by atoms with E-state index >= 15 is 0 Å². The van der Waals surface area contributed by atoms with Crippen LogP contribution in [0, 0.1) is 17.1 Å². The van der Waals surface area contributed by atoms with Gasteiger partial charge in [0.2, 0.25) is 0 Å². The molecular weight excluding hydrogens is 251 g/mol. The molecule has 0 saturated carbocycles. The Hall–Kier alpha value is -1.41. The molecule has 0 spiro atoms. The van der Waals surface area contributed by atoms with Crippen molar-refractivity contribution >= 4 is 21.8 Å². The molecule has 1 N–H and O–H groups in total. The van der Waals surface area contributed by atoms with Crippen LogP contribution in [-0.4, -0.2) is 12.5 Å². The second-order valence-corrected chi connectivity index (χ2v) is 3.32. The highest BCUT2D eigenvalue weighted by Gasteiger charge is 2.07. The maximum absolute atomic E-state index is 13.0. The molecule has 0 saturated heterocycles. The third kappa shape index (κ3) is 2.54. The van der Waals surface area contributed by atoms with Gasteiger partial charge in [-0.2, -0.15) is 5.26 Å². The van der Waals surface area contributed by atoms with Crippen LogP contribution in [0.4, 0.5) is 4.39 Å². The van der Waals surface area contributed by atoms with Crippen molar-refractivity contribution in [2.75, 3.05) is 6.54 Å². The molecule has 0 bridgehead atoms. The third-order valence-electron chi connectivity index (χ3n) is 1.51. The number of nitriles is 1. The van der Waals surface area contributed by atoms with Crippen molar-refractivity contribution in [3.05, 3.63) is 34.1 Å². The van der Waals surface area contributed by atoms with Gasteiger partial charge in [-0.25, -0.2) is 4.39 Å². The number of benzene rings is 1. The molecule has 0 unspecified atom stereocenters. The molecule has 0 radical (unpaired) electrons. The van der Waals surface area contributed by atoms with Crippen molar-refractivity contribution < 1.29 is 9.18 Å². The van der Waals surface area contributed by atoms with E-state index in [4.69, 9.17) is 5.26 Å². The van der Waals surface area contributed by atoms with E-state index in [0.29, 0.717) is 4.47 Å². The topological polar surface area (TPSA) is 52.9 Å². The van der Waals surface area contributed by atoms with E-state index in [0.717, 1.165) is 6.07 Å². The highest BCUT2D eigenvalue weighted by atomic mass is 79.9. The molecule has 0 fully saturated rings. The number of rotatable bonds is 2. The number of nitrogens with zero attached hydrogens (tertiary/aromatic N) is 1. The third-order valence-corrected chi connectivity index (χ3v) is 2.15. The normalized spacial score (nSPS) is 9.21. The van der Waals surface area contributed by atoms with Crippen LogP contribution in [0.5, 0.6) is 0 Å². The van der Waals surface area contributed by atoms with Crippen LogP contribution < -0.4 is 5.32 Å². The van der Waals surface area contributed by atoms with E-state index in [1.165, 1.54) is 12.1 Å². The Morgan fingerprint density at radius 1 is 1.64 bits per heavy atom. The van der Waals surface area contributed by atoms with Gasteiger partial charge in [-0.05, 0) is 34.1 Å². The zero-order valence-corrected chi connectivity index (χ0v) is 8.64. The predicted molar refractivity (Wildman–Crippen MR) is 52.0 cm³/mol. The predicted octanol–water partition coefficient (Wildman–Crippen LogP) is 1.84. The molecular formula is C9H6BrFN2O. The van der Waals surface area contributed by atoms with E-state index in [2.05, 4.69) is 21.2 Å².